The summed E-state index contributed by atoms with van der Waals surface area (Å²) in [7, 11) is 0. The van der Waals surface area contributed by atoms with Crippen molar-refractivity contribution in [2.75, 3.05) is 0 Å². The van der Waals surface area contributed by atoms with Crippen LogP contribution in [-0.2, 0) is 5.75 Å². The van der Waals surface area contributed by atoms with Gasteiger partial charge < -0.3 is 4.40 Å². The van der Waals surface area contributed by atoms with Gasteiger partial charge in [-0.05, 0) is 41.9 Å². The normalized spacial score (nSPS) is 11.0. The van der Waals surface area contributed by atoms with Crippen molar-refractivity contribution in [3.63, 3.8) is 0 Å². The summed E-state index contributed by atoms with van der Waals surface area (Å²) in [6.45, 7) is 2.02. The predicted molar refractivity (Wildman–Crippen MR) is 145 cm³/mol. The summed E-state index contributed by atoms with van der Waals surface area (Å²) in [4.78, 5) is 28.8. The number of carbonyl (C=O) groups excluding carboxylic acids is 2. The summed E-state index contributed by atoms with van der Waals surface area (Å²) in [5.74, 6) is 0.637. The average molecular weight is 494 g/mol. The van der Waals surface area contributed by atoms with Gasteiger partial charge in [-0.1, -0.05) is 91.0 Å². The second kappa shape index (κ2) is 10.4. The van der Waals surface area contributed by atoms with Gasteiger partial charge in [0.25, 0.3) is 0 Å². The second-order valence-electron chi connectivity index (χ2n) is 8.19. The Morgan fingerprint density at radius 2 is 1.34 bits per heavy atom. The molecule has 0 saturated heterocycles. The first-order valence-electron chi connectivity index (χ1n) is 11.3. The van der Waals surface area contributed by atoms with Crippen LogP contribution in [0.4, 0.5) is 0 Å². The van der Waals surface area contributed by atoms with E-state index in [1.807, 2.05) is 102 Å². The van der Waals surface area contributed by atoms with Crippen LogP contribution >= 0.6 is 23.5 Å². The first-order chi connectivity index (χ1) is 17.1. The molecule has 0 bridgehead atoms. The highest BCUT2D eigenvalue weighted by molar-refractivity contribution is 8.14. The van der Waals surface area contributed by atoms with Crippen LogP contribution in [-0.4, -0.2) is 15.3 Å². The molecule has 5 rings (SSSR count). The van der Waals surface area contributed by atoms with Gasteiger partial charge in [0, 0.05) is 23.1 Å². The number of nitrogens with zero attached hydrogens (tertiary/aromatic N) is 1. The van der Waals surface area contributed by atoms with Crippen LogP contribution in [0.15, 0.2) is 119 Å². The summed E-state index contributed by atoms with van der Waals surface area (Å²) in [5.41, 5.74) is 4.96. The molecule has 3 aromatic carbocycles. The number of ketones is 1. The lowest BCUT2D eigenvalue weighted by molar-refractivity contribution is 0.102. The highest BCUT2D eigenvalue weighted by Crippen LogP contribution is 2.42. The molecule has 0 amide bonds. The van der Waals surface area contributed by atoms with Crippen molar-refractivity contribution < 1.29 is 9.59 Å². The van der Waals surface area contributed by atoms with E-state index in [1.165, 1.54) is 11.8 Å². The summed E-state index contributed by atoms with van der Waals surface area (Å²) >= 11 is 2.80. The lowest BCUT2D eigenvalue weighted by atomic mass is 10.1. The fraction of sp³-hybridized carbons (Fsp3) is 0.0667. The van der Waals surface area contributed by atoms with Gasteiger partial charge in [0.1, 0.15) is 5.69 Å². The maximum absolute atomic E-state index is 13.8. The fourth-order valence-electron chi connectivity index (χ4n) is 3.94. The fourth-order valence-corrected chi connectivity index (χ4v) is 6.20. The van der Waals surface area contributed by atoms with Gasteiger partial charge in [0.2, 0.25) is 10.9 Å². The summed E-state index contributed by atoms with van der Waals surface area (Å²) < 4.78 is 1.94. The summed E-state index contributed by atoms with van der Waals surface area (Å²) in [6.07, 6.45) is 1.93. The Hall–Kier alpha value is -3.54. The number of rotatable bonds is 7. The molecule has 0 radical (unpaired) electrons. The van der Waals surface area contributed by atoms with E-state index in [4.69, 9.17) is 0 Å². The monoisotopic (exact) mass is 493 g/mol. The molecule has 0 spiro atoms. The van der Waals surface area contributed by atoms with Crippen LogP contribution in [0.5, 0.6) is 0 Å². The Morgan fingerprint density at radius 1 is 0.743 bits per heavy atom. The Kier molecular flexibility index (Phi) is 6.89. The number of aromatic nitrogens is 1. The number of thioether (sulfide) groups is 2. The highest BCUT2D eigenvalue weighted by atomic mass is 32.2. The van der Waals surface area contributed by atoms with Gasteiger partial charge >= 0.3 is 0 Å². The summed E-state index contributed by atoms with van der Waals surface area (Å²) in [6, 6.07) is 32.8. The molecular weight excluding hydrogens is 470 g/mol. The number of carbonyl (C=O) groups is 2. The molecule has 0 fully saturated rings. The van der Waals surface area contributed by atoms with Gasteiger partial charge in [-0.25, -0.2) is 0 Å². The molecule has 0 N–H and O–H groups in total. The molecular formula is C30H23NO2S2. The molecule has 35 heavy (non-hydrogen) atoms. The predicted octanol–water partition coefficient (Wildman–Crippen LogP) is 7.70. The lowest BCUT2D eigenvalue weighted by Gasteiger charge is -2.08. The smallest absolute Gasteiger partial charge is 0.224 e. The SMILES string of the molecule is Cc1ccn2c(C(=O)c3ccccc3)c(SCc3ccccc3)c(SC(=O)c3ccccc3)c2c1. The standard InChI is InChI=1S/C30H23NO2S2/c1-21-17-18-31-25(19-21)28(35-30(33)24-15-9-4-10-16-24)29(34-20-22-11-5-2-6-12-22)26(31)27(32)23-13-7-3-8-14-23/h2-19H,20H2,1H3. The van der Waals surface area contributed by atoms with Gasteiger partial charge in [0.15, 0.2) is 0 Å². The van der Waals surface area contributed by atoms with Gasteiger partial charge in [-0.3, -0.25) is 9.59 Å². The van der Waals surface area contributed by atoms with E-state index >= 15 is 0 Å². The van der Waals surface area contributed by atoms with Crippen molar-refractivity contribution in [2.45, 2.75) is 22.5 Å². The maximum Gasteiger partial charge on any atom is 0.224 e. The topological polar surface area (TPSA) is 38.5 Å². The van der Waals surface area contributed by atoms with Gasteiger partial charge in [-0.15, -0.1) is 11.8 Å². The zero-order valence-corrected chi connectivity index (χ0v) is 20.8. The van der Waals surface area contributed by atoms with Crippen molar-refractivity contribution in [3.8, 4) is 0 Å². The number of hydrogen-bond donors (Lipinski definition) is 0. The highest BCUT2D eigenvalue weighted by Gasteiger charge is 2.27. The van der Waals surface area contributed by atoms with Crippen molar-refractivity contribution >= 4 is 39.9 Å². The third-order valence-electron chi connectivity index (χ3n) is 5.69. The van der Waals surface area contributed by atoms with E-state index in [0.29, 0.717) is 22.6 Å². The van der Waals surface area contributed by atoms with Crippen LogP contribution in [0.25, 0.3) is 5.52 Å². The Balaban J connectivity index is 1.67. The van der Waals surface area contributed by atoms with Crippen molar-refractivity contribution in [1.29, 1.82) is 0 Å². The number of pyridine rings is 1. The number of benzene rings is 3. The molecule has 0 saturated carbocycles. The molecule has 5 heteroatoms. The zero-order chi connectivity index (χ0) is 24.2. The molecule has 172 valence electrons. The largest absolute Gasteiger partial charge is 0.311 e. The Morgan fingerprint density at radius 3 is 2.00 bits per heavy atom. The van der Waals surface area contributed by atoms with E-state index in [9.17, 15) is 9.59 Å². The van der Waals surface area contributed by atoms with Gasteiger partial charge in [-0.2, -0.15) is 0 Å². The minimum atomic E-state index is -0.0565. The van der Waals surface area contributed by atoms with E-state index in [-0.39, 0.29) is 10.9 Å². The zero-order valence-electron chi connectivity index (χ0n) is 19.2. The average Bonchev–Trinajstić information content (AvgIpc) is 3.20. The van der Waals surface area contributed by atoms with Crippen molar-refractivity contribution in [3.05, 3.63) is 137 Å². The quantitative estimate of drug-likeness (QED) is 0.172. The second-order valence-corrected chi connectivity index (χ2v) is 10.2. The molecule has 0 aliphatic carbocycles. The first-order valence-corrected chi connectivity index (χ1v) is 13.1. The molecule has 0 atom stereocenters. The van der Waals surface area contributed by atoms with Crippen LogP contribution < -0.4 is 0 Å². The first kappa shape index (κ1) is 23.2. The number of fused-ring (bicyclic) bond motifs is 1. The molecule has 0 unspecified atom stereocenters. The van der Waals surface area contributed by atoms with Crippen LogP contribution in [0, 0.1) is 6.92 Å². The maximum atomic E-state index is 13.8. The van der Waals surface area contributed by atoms with Crippen LogP contribution in [0.1, 0.15) is 37.5 Å². The van der Waals surface area contributed by atoms with E-state index < -0.39 is 0 Å². The van der Waals surface area contributed by atoms with E-state index in [0.717, 1.165) is 26.4 Å². The van der Waals surface area contributed by atoms with Crippen molar-refractivity contribution in [1.82, 2.24) is 4.40 Å². The van der Waals surface area contributed by atoms with Crippen LogP contribution in [0.2, 0.25) is 0 Å². The van der Waals surface area contributed by atoms with E-state index in [1.54, 1.807) is 11.8 Å². The summed E-state index contributed by atoms with van der Waals surface area (Å²) in [5, 5.41) is -0.0418. The van der Waals surface area contributed by atoms with Gasteiger partial charge in [0.05, 0.1) is 15.3 Å². The Labute approximate surface area is 213 Å². The number of aryl methyl sites for hydroxylation is 1. The Bertz CT molecular complexity index is 1490. The molecule has 2 heterocycles. The molecule has 0 aliphatic rings. The molecule has 0 aliphatic heterocycles. The molecule has 5 aromatic rings. The van der Waals surface area contributed by atoms with E-state index in [2.05, 4.69) is 18.2 Å². The third-order valence-corrected chi connectivity index (χ3v) is 8.02. The minimum Gasteiger partial charge on any atom is -0.311 e. The minimum absolute atomic E-state index is 0.0418. The lowest BCUT2D eigenvalue weighted by Crippen LogP contribution is -2.06. The van der Waals surface area contributed by atoms with Crippen LogP contribution in [0.3, 0.4) is 0 Å². The molecule has 2 aromatic heterocycles. The van der Waals surface area contributed by atoms with Crippen molar-refractivity contribution in [2.24, 2.45) is 0 Å². The number of hydrogen-bond acceptors (Lipinski definition) is 4. The molecule has 3 nitrogen and oxygen atoms in total. The third kappa shape index (κ3) is 4.97.